The van der Waals surface area contributed by atoms with Gasteiger partial charge in [0.2, 0.25) is 23.6 Å². The molecule has 1 unspecified atom stereocenters. The molecular formula is C31H42N6O7. The molecule has 0 aromatic heterocycles. The molecule has 3 rings (SSSR count). The molecule has 1 saturated heterocycles. The first-order chi connectivity index (χ1) is 21.1. The summed E-state index contributed by atoms with van der Waals surface area (Å²) in [5.74, 6) is -2.06. The van der Waals surface area contributed by atoms with Crippen LogP contribution in [-0.2, 0) is 36.8 Å². The van der Waals surface area contributed by atoms with E-state index in [0.29, 0.717) is 56.2 Å². The van der Waals surface area contributed by atoms with E-state index in [4.69, 9.17) is 11.5 Å². The molecule has 1 aliphatic rings. The minimum absolute atomic E-state index is 0.0268. The molecule has 0 radical (unpaired) electrons. The van der Waals surface area contributed by atoms with Crippen molar-refractivity contribution in [2.45, 2.75) is 69.1 Å². The van der Waals surface area contributed by atoms with E-state index in [2.05, 4.69) is 16.0 Å². The van der Waals surface area contributed by atoms with Crippen molar-refractivity contribution in [3.05, 3.63) is 59.7 Å². The molecule has 1 heterocycles. The normalized spacial score (nSPS) is 16.4. The van der Waals surface area contributed by atoms with Gasteiger partial charge in [0.15, 0.2) is 0 Å². The number of hydrogen-bond donors (Lipinski definition) is 7. The maximum absolute atomic E-state index is 13.7. The Kier molecular flexibility index (Phi) is 13.1. The van der Waals surface area contributed by atoms with Crippen LogP contribution in [-0.4, -0.2) is 88.8 Å². The zero-order chi connectivity index (χ0) is 32.1. The van der Waals surface area contributed by atoms with E-state index in [1.807, 2.05) is 0 Å². The molecule has 4 atom stereocenters. The number of amides is 4. The average Bonchev–Trinajstić information content (AvgIpc) is 3.51. The largest absolute Gasteiger partial charge is 0.508 e. The third-order valence-electron chi connectivity index (χ3n) is 7.50. The molecule has 1 fully saturated rings. The number of rotatable bonds is 16. The summed E-state index contributed by atoms with van der Waals surface area (Å²) in [7, 11) is 0. The van der Waals surface area contributed by atoms with E-state index in [1.165, 1.54) is 29.2 Å². The Hall–Kier alpha value is -4.49. The number of carbonyl (C=O) groups excluding carboxylic acids is 5. The Morgan fingerprint density at radius 2 is 1.45 bits per heavy atom. The fourth-order valence-electron chi connectivity index (χ4n) is 5.11. The lowest BCUT2D eigenvalue weighted by atomic mass is 10.0. The predicted molar refractivity (Wildman–Crippen MR) is 162 cm³/mol. The second-order valence-corrected chi connectivity index (χ2v) is 10.9. The number of aromatic hydroxyl groups is 2. The number of hydrogen-bond acceptors (Lipinski definition) is 9. The molecule has 238 valence electrons. The fourth-order valence-corrected chi connectivity index (χ4v) is 5.11. The maximum Gasteiger partial charge on any atom is 0.243 e. The van der Waals surface area contributed by atoms with Crippen LogP contribution in [0.4, 0.5) is 0 Å². The van der Waals surface area contributed by atoms with Crippen molar-refractivity contribution >= 4 is 29.9 Å². The van der Waals surface area contributed by atoms with Gasteiger partial charge in [0.25, 0.3) is 0 Å². The zero-order valence-corrected chi connectivity index (χ0v) is 24.6. The van der Waals surface area contributed by atoms with Crippen LogP contribution < -0.4 is 27.4 Å². The molecule has 4 amide bonds. The Bertz CT molecular complexity index is 1270. The van der Waals surface area contributed by atoms with Gasteiger partial charge in [-0.05, 0) is 67.6 Å². The predicted octanol–water partition coefficient (Wildman–Crippen LogP) is -0.385. The van der Waals surface area contributed by atoms with Crippen LogP contribution in [0.25, 0.3) is 0 Å². The standard InChI is InChI=1S/C31H42N6O7/c32-14-2-1-4-24(33)31(44)37-16-3-5-27(37)30(43)36-26(19-21-8-12-23(40)13-9-21)29(42)35-25(28(41)34-15-17-38)18-20-6-10-22(39)11-7-20/h6-13,17,24-27,39-40H,1-5,14-16,18-19,32-33H2,(H,34,41)(H,35,42)(H,36,43)/t24-,25-,26-,27?/m0/s1. The molecule has 1 aliphatic heterocycles. The van der Waals surface area contributed by atoms with Crippen molar-refractivity contribution < 1.29 is 34.2 Å². The van der Waals surface area contributed by atoms with Gasteiger partial charge in [-0.15, -0.1) is 0 Å². The zero-order valence-electron chi connectivity index (χ0n) is 24.6. The molecule has 0 spiro atoms. The Labute approximate surface area is 256 Å². The molecule has 0 aliphatic carbocycles. The summed E-state index contributed by atoms with van der Waals surface area (Å²) in [6.07, 6.45) is 3.46. The van der Waals surface area contributed by atoms with Crippen LogP contribution in [0.15, 0.2) is 48.5 Å². The number of aldehydes is 1. The van der Waals surface area contributed by atoms with E-state index in [0.717, 1.165) is 6.42 Å². The van der Waals surface area contributed by atoms with E-state index in [-0.39, 0.29) is 36.8 Å². The van der Waals surface area contributed by atoms with Gasteiger partial charge in [-0.1, -0.05) is 30.7 Å². The van der Waals surface area contributed by atoms with Gasteiger partial charge in [0, 0.05) is 19.4 Å². The lowest BCUT2D eigenvalue weighted by Crippen LogP contribution is -2.58. The van der Waals surface area contributed by atoms with Crippen LogP contribution in [0, 0.1) is 0 Å². The van der Waals surface area contributed by atoms with Gasteiger partial charge in [-0.2, -0.15) is 0 Å². The summed E-state index contributed by atoms with van der Waals surface area (Å²) in [6, 6.07) is 8.38. The van der Waals surface area contributed by atoms with Gasteiger partial charge in [0.1, 0.15) is 35.9 Å². The summed E-state index contributed by atoms with van der Waals surface area (Å²) in [5, 5.41) is 27.2. The number of unbranched alkanes of at least 4 members (excludes halogenated alkanes) is 1. The van der Waals surface area contributed by atoms with Crippen molar-refractivity contribution in [3.63, 3.8) is 0 Å². The number of likely N-dealkylation sites (tertiary alicyclic amines) is 1. The summed E-state index contributed by atoms with van der Waals surface area (Å²) >= 11 is 0. The molecular weight excluding hydrogens is 568 g/mol. The Morgan fingerprint density at radius 3 is 2.00 bits per heavy atom. The highest BCUT2D eigenvalue weighted by molar-refractivity contribution is 5.95. The minimum atomic E-state index is -1.15. The van der Waals surface area contributed by atoms with Gasteiger partial charge in [-0.3, -0.25) is 19.2 Å². The monoisotopic (exact) mass is 610 g/mol. The first-order valence-electron chi connectivity index (χ1n) is 14.8. The molecule has 2 aromatic carbocycles. The first-order valence-corrected chi connectivity index (χ1v) is 14.8. The lowest BCUT2D eigenvalue weighted by Gasteiger charge is -2.29. The number of nitrogens with one attached hydrogen (secondary N) is 3. The van der Waals surface area contributed by atoms with Crippen molar-refractivity contribution in [2.75, 3.05) is 19.6 Å². The second-order valence-electron chi connectivity index (χ2n) is 10.9. The van der Waals surface area contributed by atoms with Crippen molar-refractivity contribution in [3.8, 4) is 11.5 Å². The van der Waals surface area contributed by atoms with Gasteiger partial charge < -0.3 is 47.3 Å². The molecule has 0 saturated carbocycles. The van der Waals surface area contributed by atoms with Crippen LogP contribution in [0.2, 0.25) is 0 Å². The number of phenols is 2. The summed E-state index contributed by atoms with van der Waals surface area (Å²) in [4.78, 5) is 65.6. The molecule has 0 bridgehead atoms. The topological polar surface area (TPSA) is 217 Å². The van der Waals surface area contributed by atoms with Gasteiger partial charge in [0.05, 0.1) is 12.6 Å². The Morgan fingerprint density at radius 1 is 0.886 bits per heavy atom. The highest BCUT2D eigenvalue weighted by Gasteiger charge is 2.38. The highest BCUT2D eigenvalue weighted by atomic mass is 16.3. The molecule has 9 N–H and O–H groups in total. The van der Waals surface area contributed by atoms with E-state index in [1.54, 1.807) is 24.3 Å². The molecule has 13 nitrogen and oxygen atoms in total. The van der Waals surface area contributed by atoms with E-state index in [9.17, 15) is 34.2 Å². The van der Waals surface area contributed by atoms with Gasteiger partial charge >= 0.3 is 0 Å². The highest BCUT2D eigenvalue weighted by Crippen LogP contribution is 2.20. The molecule has 44 heavy (non-hydrogen) atoms. The second kappa shape index (κ2) is 17.0. The lowest BCUT2D eigenvalue weighted by molar-refractivity contribution is -0.140. The summed E-state index contributed by atoms with van der Waals surface area (Å²) < 4.78 is 0. The number of nitrogens with two attached hydrogens (primary N) is 2. The third kappa shape index (κ3) is 10.1. The van der Waals surface area contributed by atoms with Crippen LogP contribution >= 0.6 is 0 Å². The van der Waals surface area contributed by atoms with Crippen LogP contribution in [0.3, 0.4) is 0 Å². The molecule has 2 aromatic rings. The molecule has 13 heteroatoms. The van der Waals surface area contributed by atoms with Crippen LogP contribution in [0.1, 0.15) is 43.2 Å². The van der Waals surface area contributed by atoms with Crippen molar-refractivity contribution in [1.82, 2.24) is 20.9 Å². The van der Waals surface area contributed by atoms with Crippen molar-refractivity contribution in [2.24, 2.45) is 11.5 Å². The average molecular weight is 611 g/mol. The smallest absolute Gasteiger partial charge is 0.243 e. The van der Waals surface area contributed by atoms with Gasteiger partial charge in [-0.25, -0.2) is 0 Å². The third-order valence-corrected chi connectivity index (χ3v) is 7.50. The fraction of sp³-hybridized carbons (Fsp3) is 0.452. The number of phenolic OH excluding ortho intramolecular Hbond substituents is 2. The SMILES string of the molecule is NCCCC[C@H](N)C(=O)N1CCCC1C(=O)N[C@@H](Cc1ccc(O)cc1)C(=O)N[C@@H](Cc1ccc(O)cc1)C(=O)NCC=O. The van der Waals surface area contributed by atoms with Crippen molar-refractivity contribution in [1.29, 1.82) is 0 Å². The minimum Gasteiger partial charge on any atom is -0.508 e. The van der Waals surface area contributed by atoms with Crippen LogP contribution in [0.5, 0.6) is 11.5 Å². The summed E-state index contributed by atoms with van der Waals surface area (Å²) in [5.41, 5.74) is 12.9. The number of benzene rings is 2. The number of nitrogens with zero attached hydrogens (tertiary/aromatic N) is 1. The quantitative estimate of drug-likeness (QED) is 0.0972. The maximum atomic E-state index is 13.7. The number of carbonyl (C=O) groups is 5. The first kappa shape index (κ1) is 34.0. The summed E-state index contributed by atoms with van der Waals surface area (Å²) in [6.45, 7) is 0.602. The Balaban J connectivity index is 1.80. The van der Waals surface area contributed by atoms with E-state index >= 15 is 0 Å². The van der Waals surface area contributed by atoms with E-state index < -0.39 is 41.9 Å².